The number of amides is 2. The lowest BCUT2D eigenvalue weighted by atomic mass is 10.1. The molecule has 30 heavy (non-hydrogen) atoms. The highest BCUT2D eigenvalue weighted by atomic mass is 16.6. The zero-order chi connectivity index (χ0) is 21.6. The summed E-state index contributed by atoms with van der Waals surface area (Å²) in [5.41, 5.74) is 0.534. The van der Waals surface area contributed by atoms with E-state index in [-0.39, 0.29) is 11.9 Å². The number of furan rings is 1. The number of rotatable bonds is 6. The van der Waals surface area contributed by atoms with Crippen LogP contribution in [0.5, 0.6) is 0 Å². The summed E-state index contributed by atoms with van der Waals surface area (Å²) in [7, 11) is 0. The average Bonchev–Trinajstić information content (AvgIpc) is 3.22. The number of likely N-dealkylation sites (tertiary alicyclic amines) is 1. The summed E-state index contributed by atoms with van der Waals surface area (Å²) in [6.45, 7) is 7.91. The van der Waals surface area contributed by atoms with Crippen LogP contribution in [-0.2, 0) is 4.74 Å². The molecule has 0 bridgehead atoms. The van der Waals surface area contributed by atoms with E-state index >= 15 is 0 Å². The molecular weight excluding hydrogens is 382 g/mol. The van der Waals surface area contributed by atoms with E-state index in [1.807, 2.05) is 12.1 Å². The van der Waals surface area contributed by atoms with Gasteiger partial charge in [-0.3, -0.25) is 15.0 Å². The Hall–Kier alpha value is -2.80. The van der Waals surface area contributed by atoms with Gasteiger partial charge in [-0.05, 0) is 83.1 Å². The predicted molar refractivity (Wildman–Crippen MR) is 116 cm³/mol. The summed E-state index contributed by atoms with van der Waals surface area (Å²) in [6, 6.07) is 10.6. The third-order valence-electron chi connectivity index (χ3n) is 4.95. The minimum absolute atomic E-state index is 0.0253. The monoisotopic (exact) mass is 413 g/mol. The maximum atomic E-state index is 12.7. The quantitative estimate of drug-likeness (QED) is 0.724. The Kier molecular flexibility index (Phi) is 7.15. The fourth-order valence-corrected chi connectivity index (χ4v) is 3.54. The minimum Gasteiger partial charge on any atom is -0.468 e. The van der Waals surface area contributed by atoms with Gasteiger partial charge in [-0.2, -0.15) is 0 Å². The van der Waals surface area contributed by atoms with E-state index in [1.165, 1.54) is 6.42 Å². The third-order valence-corrected chi connectivity index (χ3v) is 4.95. The number of ether oxygens (including phenoxy) is 1. The van der Waals surface area contributed by atoms with Gasteiger partial charge in [-0.1, -0.05) is 6.42 Å². The number of anilines is 1. The van der Waals surface area contributed by atoms with Crippen molar-refractivity contribution in [2.75, 3.05) is 25.0 Å². The summed E-state index contributed by atoms with van der Waals surface area (Å²) in [5, 5.41) is 5.69. The van der Waals surface area contributed by atoms with Crippen LogP contribution in [-0.4, -0.2) is 42.1 Å². The SMILES string of the molecule is CC(C)(C)OC(=O)Nc1ccc(C(=O)NC[C@H](c2ccco2)N2CCCCC2)cc1. The Labute approximate surface area is 177 Å². The Morgan fingerprint density at radius 3 is 2.40 bits per heavy atom. The fourth-order valence-electron chi connectivity index (χ4n) is 3.54. The molecule has 0 spiro atoms. The number of benzene rings is 1. The lowest BCUT2D eigenvalue weighted by molar-refractivity contribution is 0.0635. The van der Waals surface area contributed by atoms with Gasteiger partial charge in [0.1, 0.15) is 11.4 Å². The second kappa shape index (κ2) is 9.80. The minimum atomic E-state index is -0.567. The molecule has 1 aromatic heterocycles. The molecule has 2 N–H and O–H groups in total. The van der Waals surface area contributed by atoms with Gasteiger partial charge in [0.2, 0.25) is 0 Å². The molecule has 1 aliphatic heterocycles. The molecule has 1 saturated heterocycles. The van der Waals surface area contributed by atoms with E-state index in [0.29, 0.717) is 17.8 Å². The second-order valence-electron chi connectivity index (χ2n) is 8.54. The summed E-state index contributed by atoms with van der Waals surface area (Å²) < 4.78 is 10.9. The normalized spacial score (nSPS) is 16.0. The van der Waals surface area contributed by atoms with E-state index in [9.17, 15) is 9.59 Å². The van der Waals surface area contributed by atoms with Crippen LogP contribution in [0.25, 0.3) is 0 Å². The standard InChI is InChI=1S/C23H31N3O4/c1-23(2,3)30-22(28)25-18-11-9-17(10-12-18)21(27)24-16-19(20-8-7-15-29-20)26-13-5-4-6-14-26/h7-12,15,19H,4-6,13-14,16H2,1-3H3,(H,24,27)(H,25,28)/t19-/m1/s1. The number of hydrogen-bond acceptors (Lipinski definition) is 5. The van der Waals surface area contributed by atoms with Crippen LogP contribution in [0.2, 0.25) is 0 Å². The number of nitrogens with one attached hydrogen (secondary N) is 2. The van der Waals surface area contributed by atoms with Crippen molar-refractivity contribution >= 4 is 17.7 Å². The molecule has 1 aromatic carbocycles. The third kappa shape index (κ3) is 6.35. The van der Waals surface area contributed by atoms with Crippen LogP contribution in [0.15, 0.2) is 47.1 Å². The first kappa shape index (κ1) is 21.9. The Balaban J connectivity index is 1.57. The molecule has 2 heterocycles. The van der Waals surface area contributed by atoms with Crippen molar-refractivity contribution in [3.8, 4) is 0 Å². The largest absolute Gasteiger partial charge is 0.468 e. The van der Waals surface area contributed by atoms with Crippen molar-refractivity contribution in [2.45, 2.75) is 51.7 Å². The maximum Gasteiger partial charge on any atom is 0.412 e. The van der Waals surface area contributed by atoms with E-state index in [0.717, 1.165) is 31.7 Å². The zero-order valence-corrected chi connectivity index (χ0v) is 17.9. The molecule has 2 amide bonds. The Morgan fingerprint density at radius 2 is 1.80 bits per heavy atom. The van der Waals surface area contributed by atoms with Gasteiger partial charge >= 0.3 is 6.09 Å². The highest BCUT2D eigenvalue weighted by Gasteiger charge is 2.25. The van der Waals surface area contributed by atoms with Crippen LogP contribution < -0.4 is 10.6 Å². The van der Waals surface area contributed by atoms with Crippen LogP contribution in [0.3, 0.4) is 0 Å². The van der Waals surface area contributed by atoms with Crippen molar-refractivity contribution < 1.29 is 18.7 Å². The molecule has 7 nitrogen and oxygen atoms in total. The topological polar surface area (TPSA) is 83.8 Å². The van der Waals surface area contributed by atoms with Crippen molar-refractivity contribution in [3.05, 3.63) is 54.0 Å². The molecular formula is C23H31N3O4. The van der Waals surface area contributed by atoms with Gasteiger partial charge in [0.05, 0.1) is 12.3 Å². The van der Waals surface area contributed by atoms with E-state index in [4.69, 9.17) is 9.15 Å². The zero-order valence-electron chi connectivity index (χ0n) is 17.9. The smallest absolute Gasteiger partial charge is 0.412 e. The molecule has 0 aliphatic carbocycles. The molecule has 3 rings (SSSR count). The second-order valence-corrected chi connectivity index (χ2v) is 8.54. The van der Waals surface area contributed by atoms with Gasteiger partial charge in [0.15, 0.2) is 0 Å². The number of nitrogens with zero attached hydrogens (tertiary/aromatic N) is 1. The lowest BCUT2D eigenvalue weighted by Crippen LogP contribution is -2.40. The summed E-state index contributed by atoms with van der Waals surface area (Å²) in [4.78, 5) is 26.9. The van der Waals surface area contributed by atoms with Crippen LogP contribution in [0, 0.1) is 0 Å². The van der Waals surface area contributed by atoms with E-state index < -0.39 is 11.7 Å². The summed E-state index contributed by atoms with van der Waals surface area (Å²) in [6.07, 6.45) is 4.72. The van der Waals surface area contributed by atoms with Crippen molar-refractivity contribution in [1.29, 1.82) is 0 Å². The van der Waals surface area contributed by atoms with E-state index in [2.05, 4.69) is 15.5 Å². The molecule has 0 radical (unpaired) electrons. The highest BCUT2D eigenvalue weighted by molar-refractivity contribution is 5.95. The first-order valence-electron chi connectivity index (χ1n) is 10.5. The number of piperidine rings is 1. The van der Waals surface area contributed by atoms with Gasteiger partial charge in [0.25, 0.3) is 5.91 Å². The highest BCUT2D eigenvalue weighted by Crippen LogP contribution is 2.24. The van der Waals surface area contributed by atoms with Gasteiger partial charge in [-0.25, -0.2) is 4.79 Å². The number of hydrogen-bond donors (Lipinski definition) is 2. The lowest BCUT2D eigenvalue weighted by Gasteiger charge is -2.33. The average molecular weight is 414 g/mol. The molecule has 1 fully saturated rings. The van der Waals surface area contributed by atoms with Crippen molar-refractivity contribution in [3.63, 3.8) is 0 Å². The molecule has 7 heteroatoms. The molecule has 162 valence electrons. The van der Waals surface area contributed by atoms with Gasteiger partial charge in [-0.15, -0.1) is 0 Å². The Morgan fingerprint density at radius 1 is 1.10 bits per heavy atom. The molecule has 0 unspecified atom stereocenters. The molecule has 2 aromatic rings. The van der Waals surface area contributed by atoms with Crippen LogP contribution in [0.1, 0.15) is 62.2 Å². The number of carbonyl (C=O) groups is 2. The van der Waals surface area contributed by atoms with Crippen LogP contribution >= 0.6 is 0 Å². The summed E-state index contributed by atoms with van der Waals surface area (Å²) in [5.74, 6) is 0.710. The first-order chi connectivity index (χ1) is 14.3. The first-order valence-corrected chi connectivity index (χ1v) is 10.5. The summed E-state index contributed by atoms with van der Waals surface area (Å²) >= 11 is 0. The Bertz CT molecular complexity index is 819. The number of carbonyl (C=O) groups excluding carboxylic acids is 2. The van der Waals surface area contributed by atoms with Crippen molar-refractivity contribution in [2.24, 2.45) is 0 Å². The molecule has 1 atom stereocenters. The molecule has 0 saturated carbocycles. The van der Waals surface area contributed by atoms with E-state index in [1.54, 1.807) is 51.3 Å². The predicted octanol–water partition coefficient (Wildman–Crippen LogP) is 4.58. The maximum absolute atomic E-state index is 12.7. The van der Waals surface area contributed by atoms with Crippen LogP contribution in [0.4, 0.5) is 10.5 Å². The van der Waals surface area contributed by atoms with Crippen molar-refractivity contribution in [1.82, 2.24) is 10.2 Å². The van der Waals surface area contributed by atoms with Gasteiger partial charge in [0, 0.05) is 17.8 Å². The molecule has 1 aliphatic rings. The van der Waals surface area contributed by atoms with Gasteiger partial charge < -0.3 is 14.5 Å². The fraction of sp³-hybridized carbons (Fsp3) is 0.478.